The summed E-state index contributed by atoms with van der Waals surface area (Å²) in [7, 11) is 0. The van der Waals surface area contributed by atoms with Crippen LogP contribution in [0, 0.1) is 5.92 Å². The van der Waals surface area contributed by atoms with Gasteiger partial charge in [-0.1, -0.05) is 32.6 Å². The minimum atomic E-state index is -0.633. The summed E-state index contributed by atoms with van der Waals surface area (Å²) in [5.74, 6) is -0.544. The van der Waals surface area contributed by atoms with Gasteiger partial charge in [-0.15, -0.1) is 11.3 Å². The van der Waals surface area contributed by atoms with Crippen molar-refractivity contribution < 1.29 is 9.90 Å². The van der Waals surface area contributed by atoms with Gasteiger partial charge in [0.05, 0.1) is 5.92 Å². The zero-order chi connectivity index (χ0) is 13.0. The van der Waals surface area contributed by atoms with Crippen LogP contribution in [0.1, 0.15) is 61.1 Å². The smallest absolute Gasteiger partial charge is 0.312 e. The zero-order valence-corrected chi connectivity index (χ0v) is 11.8. The van der Waals surface area contributed by atoms with E-state index in [0.29, 0.717) is 5.92 Å². The van der Waals surface area contributed by atoms with Crippen molar-refractivity contribution >= 4 is 17.3 Å². The molecular formula is C15H22O2S. The fraction of sp³-hybridized carbons (Fsp3) is 0.667. The monoisotopic (exact) mass is 266 g/mol. The van der Waals surface area contributed by atoms with Gasteiger partial charge in [0.25, 0.3) is 0 Å². The first-order valence-corrected chi connectivity index (χ1v) is 7.85. The normalized spacial score (nSPS) is 18.7. The average Bonchev–Trinajstić information content (AvgIpc) is 2.79. The number of hydrogen-bond acceptors (Lipinski definition) is 2. The number of carboxylic acids is 1. The van der Waals surface area contributed by atoms with E-state index in [0.717, 1.165) is 30.6 Å². The summed E-state index contributed by atoms with van der Waals surface area (Å²) in [6.07, 6.45) is 8.02. The van der Waals surface area contributed by atoms with E-state index in [9.17, 15) is 9.90 Å². The summed E-state index contributed by atoms with van der Waals surface area (Å²) in [6, 6.07) is 4.16. The Labute approximate surface area is 113 Å². The lowest BCUT2D eigenvalue weighted by molar-refractivity contribution is -0.140. The minimum absolute atomic E-state index is 0.263. The van der Waals surface area contributed by atoms with Gasteiger partial charge in [0.2, 0.25) is 0 Å². The van der Waals surface area contributed by atoms with Crippen LogP contribution >= 0.6 is 11.3 Å². The quantitative estimate of drug-likeness (QED) is 0.855. The molecule has 1 atom stereocenters. The Balaban J connectivity index is 2.14. The Kier molecular flexibility index (Phi) is 4.81. The molecular weight excluding hydrogens is 244 g/mol. The third-order valence-corrected chi connectivity index (χ3v) is 5.10. The van der Waals surface area contributed by atoms with E-state index in [1.54, 1.807) is 11.3 Å². The van der Waals surface area contributed by atoms with Gasteiger partial charge in [-0.25, -0.2) is 0 Å². The van der Waals surface area contributed by atoms with Crippen LogP contribution in [0.2, 0.25) is 0 Å². The number of carboxylic acid groups (broad SMARTS) is 1. The van der Waals surface area contributed by atoms with Crippen LogP contribution in [-0.4, -0.2) is 11.1 Å². The minimum Gasteiger partial charge on any atom is -0.481 e. The molecule has 18 heavy (non-hydrogen) atoms. The van der Waals surface area contributed by atoms with Gasteiger partial charge in [0.15, 0.2) is 0 Å². The van der Waals surface area contributed by atoms with Crippen LogP contribution in [0.15, 0.2) is 12.1 Å². The van der Waals surface area contributed by atoms with E-state index in [1.165, 1.54) is 24.1 Å². The molecule has 0 saturated heterocycles. The molecule has 0 radical (unpaired) electrons. The molecule has 1 aliphatic rings. The fourth-order valence-corrected chi connectivity index (χ4v) is 4.27. The Morgan fingerprint density at radius 2 is 2.11 bits per heavy atom. The van der Waals surface area contributed by atoms with Gasteiger partial charge in [0.1, 0.15) is 0 Å². The summed E-state index contributed by atoms with van der Waals surface area (Å²) in [5.41, 5.74) is 0. The van der Waals surface area contributed by atoms with Crippen LogP contribution in [0.4, 0.5) is 0 Å². The van der Waals surface area contributed by atoms with Gasteiger partial charge < -0.3 is 5.11 Å². The largest absolute Gasteiger partial charge is 0.481 e. The number of aliphatic carboxylic acids is 1. The van der Waals surface area contributed by atoms with Crippen molar-refractivity contribution in [2.45, 2.75) is 57.8 Å². The molecule has 1 fully saturated rings. The molecule has 1 unspecified atom stereocenters. The molecule has 2 rings (SSSR count). The van der Waals surface area contributed by atoms with E-state index in [2.05, 4.69) is 13.0 Å². The van der Waals surface area contributed by atoms with Gasteiger partial charge in [-0.2, -0.15) is 0 Å². The second-order valence-corrected chi connectivity index (χ2v) is 6.47. The molecule has 1 saturated carbocycles. The number of rotatable bonds is 5. The first-order valence-electron chi connectivity index (χ1n) is 7.03. The van der Waals surface area contributed by atoms with Crippen LogP contribution in [0.5, 0.6) is 0 Å². The first-order chi connectivity index (χ1) is 8.72. The zero-order valence-electron chi connectivity index (χ0n) is 11.0. The molecule has 0 aromatic carbocycles. The number of thiophene rings is 1. The molecule has 1 heterocycles. The molecule has 1 aliphatic carbocycles. The highest BCUT2D eigenvalue weighted by molar-refractivity contribution is 7.12. The maximum atomic E-state index is 11.6. The van der Waals surface area contributed by atoms with Gasteiger partial charge >= 0.3 is 5.97 Å². The van der Waals surface area contributed by atoms with Crippen LogP contribution < -0.4 is 0 Å². The molecule has 100 valence electrons. The summed E-state index contributed by atoms with van der Waals surface area (Å²) in [5, 5.41) is 9.52. The third kappa shape index (κ3) is 3.14. The van der Waals surface area contributed by atoms with Crippen LogP contribution in [0.3, 0.4) is 0 Å². The maximum Gasteiger partial charge on any atom is 0.312 e. The summed E-state index contributed by atoms with van der Waals surface area (Å²) >= 11 is 1.71. The lowest BCUT2D eigenvalue weighted by Gasteiger charge is -2.26. The molecule has 0 bridgehead atoms. The third-order valence-electron chi connectivity index (χ3n) is 3.87. The average molecular weight is 266 g/mol. The maximum absolute atomic E-state index is 11.6. The second kappa shape index (κ2) is 6.37. The lowest BCUT2D eigenvalue weighted by atomic mass is 9.79. The van der Waals surface area contributed by atoms with Crippen molar-refractivity contribution in [3.63, 3.8) is 0 Å². The van der Waals surface area contributed by atoms with Crippen molar-refractivity contribution in [2.24, 2.45) is 5.92 Å². The molecule has 0 aliphatic heterocycles. The Morgan fingerprint density at radius 1 is 1.39 bits per heavy atom. The number of hydrogen-bond donors (Lipinski definition) is 1. The van der Waals surface area contributed by atoms with E-state index >= 15 is 0 Å². The molecule has 3 heteroatoms. The van der Waals surface area contributed by atoms with Crippen molar-refractivity contribution in [3.05, 3.63) is 21.9 Å². The predicted molar refractivity (Wildman–Crippen MR) is 75.3 cm³/mol. The van der Waals surface area contributed by atoms with Crippen molar-refractivity contribution in [1.29, 1.82) is 0 Å². The van der Waals surface area contributed by atoms with Gasteiger partial charge in [-0.05, 0) is 37.3 Å². The van der Waals surface area contributed by atoms with Crippen LogP contribution in [-0.2, 0) is 11.2 Å². The second-order valence-electron chi connectivity index (χ2n) is 5.27. The molecule has 1 aromatic rings. The van der Waals surface area contributed by atoms with Gasteiger partial charge in [-0.3, -0.25) is 4.79 Å². The van der Waals surface area contributed by atoms with E-state index in [-0.39, 0.29) is 5.92 Å². The van der Waals surface area contributed by atoms with Crippen LogP contribution in [0.25, 0.3) is 0 Å². The lowest BCUT2D eigenvalue weighted by Crippen LogP contribution is -2.22. The molecule has 0 amide bonds. The molecule has 2 nitrogen and oxygen atoms in total. The molecule has 1 N–H and O–H groups in total. The number of aryl methyl sites for hydroxylation is 1. The highest BCUT2D eigenvalue weighted by Gasteiger charge is 2.31. The Morgan fingerprint density at radius 3 is 2.72 bits per heavy atom. The predicted octanol–water partition coefficient (Wildman–Crippen LogP) is 4.45. The van der Waals surface area contributed by atoms with E-state index in [4.69, 9.17) is 0 Å². The van der Waals surface area contributed by atoms with E-state index in [1.807, 2.05) is 6.07 Å². The SMILES string of the molecule is CCCc1ccc(C(C(=O)O)C2CCCCC2)s1. The highest BCUT2D eigenvalue weighted by atomic mass is 32.1. The number of carbonyl (C=O) groups is 1. The summed E-state index contributed by atoms with van der Waals surface area (Å²) in [4.78, 5) is 14.0. The highest BCUT2D eigenvalue weighted by Crippen LogP contribution is 2.39. The standard InChI is InChI=1S/C15H22O2S/c1-2-6-12-9-10-13(18-12)14(15(16)17)11-7-4-3-5-8-11/h9-11,14H,2-8H2,1H3,(H,16,17). The Hall–Kier alpha value is -0.830. The topological polar surface area (TPSA) is 37.3 Å². The Bertz CT molecular complexity index is 391. The summed E-state index contributed by atoms with van der Waals surface area (Å²) in [6.45, 7) is 2.16. The van der Waals surface area contributed by atoms with Crippen molar-refractivity contribution in [1.82, 2.24) is 0 Å². The van der Waals surface area contributed by atoms with Gasteiger partial charge in [0, 0.05) is 9.75 Å². The van der Waals surface area contributed by atoms with E-state index < -0.39 is 5.97 Å². The summed E-state index contributed by atoms with van der Waals surface area (Å²) < 4.78 is 0. The fourth-order valence-electron chi connectivity index (χ4n) is 2.97. The first kappa shape index (κ1) is 13.6. The van der Waals surface area contributed by atoms with Crippen molar-refractivity contribution in [2.75, 3.05) is 0 Å². The van der Waals surface area contributed by atoms with Crippen molar-refractivity contribution in [3.8, 4) is 0 Å². The molecule has 1 aromatic heterocycles. The molecule has 0 spiro atoms.